The van der Waals surface area contributed by atoms with E-state index in [1.54, 1.807) is 12.1 Å². The maximum Gasteiger partial charge on any atom is 0.334 e. The number of ether oxygens (including phenoxy) is 1. The molecule has 0 aliphatic carbocycles. The van der Waals surface area contributed by atoms with E-state index in [0.29, 0.717) is 12.1 Å². The second kappa shape index (κ2) is 6.37. The highest BCUT2D eigenvalue weighted by Gasteiger charge is 2.29. The van der Waals surface area contributed by atoms with E-state index in [1.807, 2.05) is 24.1 Å². The monoisotopic (exact) mass is 317 g/mol. The second-order valence-corrected chi connectivity index (χ2v) is 5.70. The van der Waals surface area contributed by atoms with Crippen LogP contribution in [-0.2, 0) is 9.53 Å². The smallest absolute Gasteiger partial charge is 0.334 e. The molecule has 7 heteroatoms. The molecule has 1 saturated heterocycles. The van der Waals surface area contributed by atoms with E-state index in [0.717, 1.165) is 24.4 Å². The number of aliphatic carboxylic acids is 1. The van der Waals surface area contributed by atoms with Gasteiger partial charge >= 0.3 is 5.97 Å². The number of carbonyl (C=O) groups excluding carboxylic acids is 1. The maximum atomic E-state index is 12.5. The first-order chi connectivity index (χ1) is 11.0. The molecule has 1 amide bonds. The van der Waals surface area contributed by atoms with E-state index in [4.69, 9.17) is 9.84 Å². The molecule has 1 unspecified atom stereocenters. The van der Waals surface area contributed by atoms with Gasteiger partial charge in [-0.25, -0.2) is 4.79 Å². The van der Waals surface area contributed by atoms with Gasteiger partial charge in [0.2, 0.25) is 0 Å². The lowest BCUT2D eigenvalue weighted by atomic mass is 10.1. The Balaban J connectivity index is 1.69. The number of hydrogen-bond acceptors (Lipinski definition) is 5. The van der Waals surface area contributed by atoms with Crippen LogP contribution in [0.5, 0.6) is 0 Å². The third kappa shape index (κ3) is 3.34. The predicted octanol–water partition coefficient (Wildman–Crippen LogP) is 1.20. The van der Waals surface area contributed by atoms with Crippen LogP contribution < -0.4 is 5.01 Å². The molecule has 0 radical (unpaired) electrons. The van der Waals surface area contributed by atoms with E-state index >= 15 is 0 Å². The van der Waals surface area contributed by atoms with Crippen LogP contribution in [0.15, 0.2) is 29.4 Å². The fraction of sp³-hybridized carbons (Fsp3) is 0.438. The Bertz CT molecular complexity index is 641. The molecule has 23 heavy (non-hydrogen) atoms. The molecule has 2 aliphatic rings. The Morgan fingerprint density at radius 2 is 2.00 bits per heavy atom. The minimum atomic E-state index is -1.04. The van der Waals surface area contributed by atoms with Crippen LogP contribution in [0.25, 0.3) is 0 Å². The van der Waals surface area contributed by atoms with Crippen molar-refractivity contribution in [3.05, 3.63) is 29.8 Å². The van der Waals surface area contributed by atoms with Crippen molar-refractivity contribution in [3.8, 4) is 0 Å². The van der Waals surface area contributed by atoms with E-state index in [2.05, 4.69) is 5.10 Å². The molecule has 122 valence electrons. The molecule has 7 nitrogen and oxygen atoms in total. The standard InChI is InChI=1S/C16H19N3O4/c1-11-6-7-19(17-11)13-4-2-12(3-5-13)15(20)18-8-9-23-14(10-18)16(21)22/h2-5,14H,6-10H2,1H3,(H,21,22). The molecule has 1 atom stereocenters. The number of carbonyl (C=O) groups is 2. The third-order valence-corrected chi connectivity index (χ3v) is 4.02. The summed E-state index contributed by atoms with van der Waals surface area (Å²) in [6.07, 6.45) is -0.000665. The topological polar surface area (TPSA) is 82.4 Å². The van der Waals surface area contributed by atoms with E-state index in [-0.39, 0.29) is 19.1 Å². The molecule has 2 aliphatic heterocycles. The van der Waals surface area contributed by atoms with Gasteiger partial charge in [-0.15, -0.1) is 0 Å². The van der Waals surface area contributed by atoms with Crippen LogP contribution in [0, 0.1) is 0 Å². The lowest BCUT2D eigenvalue weighted by molar-refractivity contribution is -0.154. The Kier molecular flexibility index (Phi) is 4.29. The number of hydrogen-bond donors (Lipinski definition) is 1. The van der Waals surface area contributed by atoms with E-state index < -0.39 is 12.1 Å². The van der Waals surface area contributed by atoms with Gasteiger partial charge in [0, 0.05) is 30.8 Å². The molecule has 1 aromatic rings. The molecule has 1 aromatic carbocycles. The normalized spacial score (nSPS) is 21.3. The minimum absolute atomic E-state index is 0.0749. The largest absolute Gasteiger partial charge is 0.479 e. The van der Waals surface area contributed by atoms with E-state index in [9.17, 15) is 9.59 Å². The lowest BCUT2D eigenvalue weighted by Crippen LogP contribution is -2.48. The van der Waals surface area contributed by atoms with Crippen molar-refractivity contribution >= 4 is 23.3 Å². The fourth-order valence-electron chi connectivity index (χ4n) is 2.70. The Morgan fingerprint density at radius 1 is 1.26 bits per heavy atom. The summed E-state index contributed by atoms with van der Waals surface area (Å²) in [5.74, 6) is -1.22. The zero-order valence-electron chi connectivity index (χ0n) is 12.9. The third-order valence-electron chi connectivity index (χ3n) is 4.02. The van der Waals surface area contributed by atoms with Gasteiger partial charge in [0.1, 0.15) is 0 Å². The molecule has 2 heterocycles. The van der Waals surface area contributed by atoms with Crippen molar-refractivity contribution in [2.75, 3.05) is 31.3 Å². The van der Waals surface area contributed by atoms with Gasteiger partial charge in [-0.05, 0) is 31.2 Å². The van der Waals surface area contributed by atoms with Gasteiger partial charge < -0.3 is 14.7 Å². The molecule has 1 fully saturated rings. The number of rotatable bonds is 3. The molecule has 0 aromatic heterocycles. The Labute approximate surface area is 134 Å². The van der Waals surface area contributed by atoms with Crippen LogP contribution in [0.3, 0.4) is 0 Å². The zero-order chi connectivity index (χ0) is 16.4. The molecular weight excluding hydrogens is 298 g/mol. The first-order valence-electron chi connectivity index (χ1n) is 7.60. The first-order valence-corrected chi connectivity index (χ1v) is 7.60. The van der Waals surface area contributed by atoms with Crippen molar-refractivity contribution in [1.82, 2.24) is 4.90 Å². The number of anilines is 1. The van der Waals surface area contributed by atoms with E-state index in [1.165, 1.54) is 4.90 Å². The summed E-state index contributed by atoms with van der Waals surface area (Å²) in [6.45, 7) is 3.56. The molecule has 0 saturated carbocycles. The van der Waals surface area contributed by atoms with Crippen LogP contribution in [-0.4, -0.2) is 59.9 Å². The second-order valence-electron chi connectivity index (χ2n) is 5.70. The van der Waals surface area contributed by atoms with Crippen LogP contribution in [0.2, 0.25) is 0 Å². The lowest BCUT2D eigenvalue weighted by Gasteiger charge is -2.31. The summed E-state index contributed by atoms with van der Waals surface area (Å²) >= 11 is 0. The molecule has 3 rings (SSSR count). The Morgan fingerprint density at radius 3 is 2.61 bits per heavy atom. The summed E-state index contributed by atoms with van der Waals surface area (Å²) in [4.78, 5) is 25.0. The maximum absolute atomic E-state index is 12.5. The minimum Gasteiger partial charge on any atom is -0.479 e. The van der Waals surface area contributed by atoms with Crippen LogP contribution in [0.4, 0.5) is 5.69 Å². The SMILES string of the molecule is CC1=NN(c2ccc(C(=O)N3CCOC(C(=O)O)C3)cc2)CC1. The average molecular weight is 317 g/mol. The number of benzene rings is 1. The zero-order valence-corrected chi connectivity index (χ0v) is 12.9. The predicted molar refractivity (Wildman–Crippen MR) is 84.8 cm³/mol. The first kappa shape index (κ1) is 15.5. The number of amides is 1. The van der Waals surface area contributed by atoms with Gasteiger partial charge in [-0.3, -0.25) is 9.80 Å². The number of carboxylic acid groups (broad SMARTS) is 1. The molecule has 0 spiro atoms. The van der Waals surface area contributed by atoms with Crippen molar-refractivity contribution in [1.29, 1.82) is 0 Å². The average Bonchev–Trinajstić information content (AvgIpc) is 3.01. The molecule has 0 bridgehead atoms. The summed E-state index contributed by atoms with van der Waals surface area (Å²) in [7, 11) is 0. The number of nitrogens with zero attached hydrogens (tertiary/aromatic N) is 3. The number of carboxylic acids is 1. The summed E-state index contributed by atoms with van der Waals surface area (Å²) in [5, 5.41) is 15.3. The van der Waals surface area contributed by atoms with Crippen LogP contribution in [0.1, 0.15) is 23.7 Å². The molecular formula is C16H19N3O4. The van der Waals surface area contributed by atoms with Crippen LogP contribution >= 0.6 is 0 Å². The fourth-order valence-corrected chi connectivity index (χ4v) is 2.70. The Hall–Kier alpha value is -2.41. The van der Waals surface area contributed by atoms with Crippen molar-refractivity contribution in [3.63, 3.8) is 0 Å². The quantitative estimate of drug-likeness (QED) is 0.906. The van der Waals surface area contributed by atoms with Gasteiger partial charge in [0.05, 0.1) is 18.8 Å². The van der Waals surface area contributed by atoms with Gasteiger partial charge in [-0.2, -0.15) is 5.10 Å². The van der Waals surface area contributed by atoms with Crippen molar-refractivity contribution in [2.45, 2.75) is 19.4 Å². The molecule has 1 N–H and O–H groups in total. The van der Waals surface area contributed by atoms with Gasteiger partial charge in [-0.1, -0.05) is 0 Å². The summed E-state index contributed by atoms with van der Waals surface area (Å²) in [6, 6.07) is 7.24. The summed E-state index contributed by atoms with van der Waals surface area (Å²) in [5.41, 5.74) is 2.58. The van der Waals surface area contributed by atoms with Crippen molar-refractivity contribution < 1.29 is 19.4 Å². The van der Waals surface area contributed by atoms with Gasteiger partial charge in [0.15, 0.2) is 6.10 Å². The van der Waals surface area contributed by atoms with Gasteiger partial charge in [0.25, 0.3) is 5.91 Å². The number of morpholine rings is 1. The summed E-state index contributed by atoms with van der Waals surface area (Å²) < 4.78 is 5.14. The number of hydrazone groups is 1. The van der Waals surface area contributed by atoms with Crippen molar-refractivity contribution in [2.24, 2.45) is 5.10 Å². The highest BCUT2D eigenvalue weighted by Crippen LogP contribution is 2.21. The highest BCUT2D eigenvalue weighted by atomic mass is 16.5. The highest BCUT2D eigenvalue weighted by molar-refractivity contribution is 5.95.